The molecule has 1 heterocycles. The number of hydrogen-bond acceptors (Lipinski definition) is 3. The Kier molecular flexibility index (Phi) is 7.04. The number of carbonyl (C=O) groups excluding carboxylic acids is 3. The van der Waals surface area contributed by atoms with Gasteiger partial charge >= 0.3 is 6.03 Å². The van der Waals surface area contributed by atoms with Gasteiger partial charge in [-0.2, -0.15) is 0 Å². The molecule has 4 amide bonds. The summed E-state index contributed by atoms with van der Waals surface area (Å²) in [5.74, 6) is -0.188. The molecule has 0 aromatic carbocycles. The highest BCUT2D eigenvalue weighted by molar-refractivity contribution is 6.01. The van der Waals surface area contributed by atoms with Crippen molar-refractivity contribution < 1.29 is 14.4 Å². The molecule has 0 spiro atoms. The second-order valence-corrected chi connectivity index (χ2v) is 5.20. The van der Waals surface area contributed by atoms with Crippen LogP contribution >= 0.6 is 0 Å². The van der Waals surface area contributed by atoms with Crippen LogP contribution in [0.1, 0.15) is 45.4 Å². The van der Waals surface area contributed by atoms with E-state index in [2.05, 4.69) is 12.2 Å². The van der Waals surface area contributed by atoms with Crippen LogP contribution < -0.4 is 5.32 Å². The summed E-state index contributed by atoms with van der Waals surface area (Å²) in [6.45, 7) is 3.33. The molecule has 1 aliphatic heterocycles. The fourth-order valence-electron chi connectivity index (χ4n) is 2.15. The zero-order valence-electron chi connectivity index (χ0n) is 12.5. The van der Waals surface area contributed by atoms with Crippen molar-refractivity contribution in [1.82, 2.24) is 15.1 Å². The van der Waals surface area contributed by atoms with Gasteiger partial charge in [-0.15, -0.1) is 0 Å². The summed E-state index contributed by atoms with van der Waals surface area (Å²) in [5.41, 5.74) is 0. The van der Waals surface area contributed by atoms with E-state index in [1.165, 1.54) is 22.6 Å². The number of nitrogens with one attached hydrogen (secondary N) is 1. The van der Waals surface area contributed by atoms with E-state index < -0.39 is 0 Å². The van der Waals surface area contributed by atoms with Gasteiger partial charge in [0, 0.05) is 26.6 Å². The average molecular weight is 283 g/mol. The van der Waals surface area contributed by atoms with Gasteiger partial charge < -0.3 is 10.2 Å². The van der Waals surface area contributed by atoms with Crippen molar-refractivity contribution in [2.45, 2.75) is 45.4 Å². The molecule has 1 N–H and O–H groups in total. The quantitative estimate of drug-likeness (QED) is 0.513. The number of amides is 4. The van der Waals surface area contributed by atoms with Crippen LogP contribution in [0.25, 0.3) is 0 Å². The molecule has 20 heavy (non-hydrogen) atoms. The number of rotatable bonds is 9. The average Bonchev–Trinajstić information content (AvgIpc) is 2.65. The van der Waals surface area contributed by atoms with E-state index in [4.69, 9.17) is 0 Å². The van der Waals surface area contributed by atoms with Crippen LogP contribution in [0.2, 0.25) is 0 Å². The molecule has 0 aliphatic carbocycles. The Morgan fingerprint density at radius 2 is 1.95 bits per heavy atom. The van der Waals surface area contributed by atoms with Gasteiger partial charge in [0.1, 0.15) is 6.54 Å². The molecule has 114 valence electrons. The van der Waals surface area contributed by atoms with E-state index in [1.807, 2.05) is 0 Å². The second-order valence-electron chi connectivity index (χ2n) is 5.20. The van der Waals surface area contributed by atoms with Crippen molar-refractivity contribution in [2.75, 3.05) is 26.7 Å². The van der Waals surface area contributed by atoms with Crippen molar-refractivity contribution in [1.29, 1.82) is 0 Å². The molecule has 1 saturated heterocycles. The van der Waals surface area contributed by atoms with E-state index in [9.17, 15) is 14.4 Å². The highest BCUT2D eigenvalue weighted by Gasteiger charge is 2.32. The number of unbranched alkanes of at least 4 members (excludes halogenated alkanes) is 3. The van der Waals surface area contributed by atoms with Crippen molar-refractivity contribution >= 4 is 17.8 Å². The molecule has 0 atom stereocenters. The molecule has 6 nitrogen and oxygen atoms in total. The number of urea groups is 1. The Morgan fingerprint density at radius 1 is 1.20 bits per heavy atom. The van der Waals surface area contributed by atoms with Crippen LogP contribution in [-0.4, -0.2) is 54.3 Å². The van der Waals surface area contributed by atoms with Gasteiger partial charge in [0.15, 0.2) is 0 Å². The summed E-state index contributed by atoms with van der Waals surface area (Å²) in [4.78, 5) is 37.3. The molecular weight excluding hydrogens is 258 g/mol. The smallest absolute Gasteiger partial charge is 0.326 e. The molecule has 0 aromatic heterocycles. The van der Waals surface area contributed by atoms with Gasteiger partial charge in [0.2, 0.25) is 11.8 Å². The third-order valence-electron chi connectivity index (χ3n) is 3.37. The number of nitrogens with zero attached hydrogens (tertiary/aromatic N) is 2. The molecule has 0 bridgehead atoms. The number of hydrogen-bond donors (Lipinski definition) is 1. The Morgan fingerprint density at radius 3 is 2.55 bits per heavy atom. The molecule has 1 aliphatic rings. The van der Waals surface area contributed by atoms with E-state index in [0.717, 1.165) is 12.8 Å². The van der Waals surface area contributed by atoms with Gasteiger partial charge in [-0.1, -0.05) is 26.2 Å². The zero-order valence-corrected chi connectivity index (χ0v) is 12.5. The van der Waals surface area contributed by atoms with Crippen LogP contribution in [0, 0.1) is 0 Å². The van der Waals surface area contributed by atoms with E-state index in [1.54, 1.807) is 7.05 Å². The largest absolute Gasteiger partial charge is 0.356 e. The van der Waals surface area contributed by atoms with Crippen LogP contribution in [-0.2, 0) is 9.59 Å². The Bertz CT molecular complexity index is 358. The molecule has 0 saturated carbocycles. The minimum absolute atomic E-state index is 0.00560. The molecule has 1 fully saturated rings. The Balaban J connectivity index is 2.10. The fraction of sp³-hybridized carbons (Fsp3) is 0.786. The minimum atomic E-state index is -0.269. The first kappa shape index (κ1) is 16.5. The molecular formula is C14H25N3O3. The first-order chi connectivity index (χ1) is 9.56. The van der Waals surface area contributed by atoms with Crippen molar-refractivity contribution in [3.8, 4) is 0 Å². The maximum Gasteiger partial charge on any atom is 0.326 e. The van der Waals surface area contributed by atoms with E-state index in [-0.39, 0.29) is 24.4 Å². The van der Waals surface area contributed by atoms with Gasteiger partial charge in [0.05, 0.1) is 0 Å². The number of imide groups is 1. The highest BCUT2D eigenvalue weighted by Crippen LogP contribution is 2.09. The fourth-order valence-corrected chi connectivity index (χ4v) is 2.15. The normalized spacial score (nSPS) is 15.1. The van der Waals surface area contributed by atoms with Crippen molar-refractivity contribution in [3.05, 3.63) is 0 Å². The number of carbonyl (C=O) groups is 3. The third kappa shape index (κ3) is 5.19. The van der Waals surface area contributed by atoms with Gasteiger partial charge in [-0.25, -0.2) is 4.79 Å². The minimum Gasteiger partial charge on any atom is -0.356 e. The maximum atomic E-state index is 11.6. The van der Waals surface area contributed by atoms with Crippen LogP contribution in [0.4, 0.5) is 4.79 Å². The lowest BCUT2D eigenvalue weighted by Gasteiger charge is -2.13. The lowest BCUT2D eigenvalue weighted by atomic mass is 10.2. The van der Waals surface area contributed by atoms with Crippen molar-refractivity contribution in [3.63, 3.8) is 0 Å². The molecule has 6 heteroatoms. The standard InChI is InChI=1S/C14H25N3O3/c1-3-4-5-6-9-15-12(18)8-7-10-17-13(19)11-16(2)14(17)20/h3-11H2,1-2H3,(H,15,18). The molecule has 0 radical (unpaired) electrons. The summed E-state index contributed by atoms with van der Waals surface area (Å²) in [7, 11) is 1.60. The summed E-state index contributed by atoms with van der Waals surface area (Å²) >= 11 is 0. The second kappa shape index (κ2) is 8.55. The Hall–Kier alpha value is -1.59. The van der Waals surface area contributed by atoms with Gasteiger partial charge in [-0.05, 0) is 12.8 Å². The SMILES string of the molecule is CCCCCCNC(=O)CCCN1C(=O)CN(C)C1=O. The highest BCUT2D eigenvalue weighted by atomic mass is 16.2. The maximum absolute atomic E-state index is 11.6. The van der Waals surface area contributed by atoms with Crippen LogP contribution in [0.5, 0.6) is 0 Å². The summed E-state index contributed by atoms with van der Waals surface area (Å²) in [5, 5.41) is 2.86. The topological polar surface area (TPSA) is 69.7 Å². The summed E-state index contributed by atoms with van der Waals surface area (Å²) in [6, 6.07) is -0.269. The first-order valence-corrected chi connectivity index (χ1v) is 7.38. The number of likely N-dealkylation sites (N-methyl/N-ethyl adjacent to an activating group) is 1. The van der Waals surface area contributed by atoms with E-state index in [0.29, 0.717) is 25.9 Å². The third-order valence-corrected chi connectivity index (χ3v) is 3.37. The van der Waals surface area contributed by atoms with Crippen LogP contribution in [0.3, 0.4) is 0 Å². The Labute approximate surface area is 120 Å². The predicted molar refractivity (Wildman–Crippen MR) is 76.1 cm³/mol. The summed E-state index contributed by atoms with van der Waals surface area (Å²) < 4.78 is 0. The van der Waals surface area contributed by atoms with Crippen LogP contribution in [0.15, 0.2) is 0 Å². The molecule has 1 rings (SSSR count). The monoisotopic (exact) mass is 283 g/mol. The lowest BCUT2D eigenvalue weighted by molar-refractivity contribution is -0.126. The predicted octanol–water partition coefficient (Wildman–Crippen LogP) is 1.36. The zero-order chi connectivity index (χ0) is 15.0. The van der Waals surface area contributed by atoms with Crippen molar-refractivity contribution in [2.24, 2.45) is 0 Å². The molecule has 0 aromatic rings. The van der Waals surface area contributed by atoms with Gasteiger partial charge in [-0.3, -0.25) is 14.5 Å². The van der Waals surface area contributed by atoms with E-state index >= 15 is 0 Å². The first-order valence-electron chi connectivity index (χ1n) is 7.38. The molecule has 0 unspecified atom stereocenters. The summed E-state index contributed by atoms with van der Waals surface area (Å²) in [6.07, 6.45) is 5.40. The van der Waals surface area contributed by atoms with Gasteiger partial charge in [0.25, 0.3) is 0 Å². The lowest BCUT2D eigenvalue weighted by Crippen LogP contribution is -2.33.